The lowest BCUT2D eigenvalue weighted by Gasteiger charge is -2.18. The Kier molecular flexibility index (Phi) is 3.24. The molecular weight excluding hydrogens is 190 g/mol. The maximum Gasteiger partial charge on any atom is 0.119 e. The monoisotopic (exact) mass is 207 g/mol. The molecule has 0 amide bonds. The van der Waals surface area contributed by atoms with Gasteiger partial charge < -0.3 is 15.5 Å². The van der Waals surface area contributed by atoms with Crippen molar-refractivity contribution in [2.24, 2.45) is 0 Å². The number of phenols is 2. The van der Waals surface area contributed by atoms with Gasteiger partial charge in [0.05, 0.1) is 0 Å². The summed E-state index contributed by atoms with van der Waals surface area (Å²) in [4.78, 5) is 0. The van der Waals surface area contributed by atoms with E-state index in [4.69, 9.17) is 0 Å². The molecule has 15 heavy (non-hydrogen) atoms. The summed E-state index contributed by atoms with van der Waals surface area (Å²) in [6, 6.07) is 4.47. The molecule has 0 atom stereocenters. The predicted octanol–water partition coefficient (Wildman–Crippen LogP) is 2.46. The summed E-state index contributed by atoms with van der Waals surface area (Å²) in [5, 5.41) is 21.6. The molecule has 82 valence electrons. The maximum atomic E-state index is 9.24. The van der Waals surface area contributed by atoms with Crippen LogP contribution in [-0.2, 0) is 0 Å². The fraction of sp³-hybridized carbons (Fsp3) is 0.333. The van der Waals surface area contributed by atoms with Crippen LogP contribution in [0.4, 0.5) is 0 Å². The molecule has 1 aromatic carbocycles. The highest BCUT2D eigenvalue weighted by atomic mass is 16.3. The molecule has 0 saturated heterocycles. The van der Waals surface area contributed by atoms with Gasteiger partial charge in [-0.05, 0) is 50.7 Å². The molecule has 0 saturated carbocycles. The van der Waals surface area contributed by atoms with Crippen LogP contribution in [0.5, 0.6) is 11.5 Å². The Morgan fingerprint density at radius 2 is 1.60 bits per heavy atom. The van der Waals surface area contributed by atoms with Gasteiger partial charge in [-0.25, -0.2) is 0 Å². The van der Waals surface area contributed by atoms with E-state index in [1.807, 2.05) is 0 Å². The van der Waals surface area contributed by atoms with E-state index in [2.05, 4.69) is 26.1 Å². The van der Waals surface area contributed by atoms with Gasteiger partial charge in [0, 0.05) is 11.6 Å². The number of aromatic hydroxyl groups is 2. The van der Waals surface area contributed by atoms with Crippen molar-refractivity contribution < 1.29 is 10.2 Å². The third kappa shape index (κ3) is 4.40. The molecule has 1 aromatic rings. The van der Waals surface area contributed by atoms with Crippen LogP contribution in [0.15, 0.2) is 24.4 Å². The average Bonchev–Trinajstić information content (AvgIpc) is 1.99. The highest BCUT2D eigenvalue weighted by Crippen LogP contribution is 2.21. The quantitative estimate of drug-likeness (QED) is 0.698. The Balaban J connectivity index is 2.72. The van der Waals surface area contributed by atoms with Gasteiger partial charge in [-0.3, -0.25) is 0 Å². The molecule has 0 aromatic heterocycles. The number of hydrogen-bond acceptors (Lipinski definition) is 3. The lowest BCUT2D eigenvalue weighted by molar-refractivity contribution is 0.450. The summed E-state index contributed by atoms with van der Waals surface area (Å²) in [5.41, 5.74) is 0.763. The van der Waals surface area contributed by atoms with Crippen molar-refractivity contribution in [2.75, 3.05) is 0 Å². The summed E-state index contributed by atoms with van der Waals surface area (Å²) in [7, 11) is 0. The highest BCUT2D eigenvalue weighted by molar-refractivity contribution is 5.54. The number of hydrogen-bond donors (Lipinski definition) is 3. The Morgan fingerprint density at radius 3 is 2.07 bits per heavy atom. The molecule has 0 aliphatic carbocycles. The average molecular weight is 207 g/mol. The van der Waals surface area contributed by atoms with Crippen molar-refractivity contribution in [1.29, 1.82) is 0 Å². The Labute approximate surface area is 90.1 Å². The molecule has 1 rings (SSSR count). The van der Waals surface area contributed by atoms with Gasteiger partial charge in [0.1, 0.15) is 11.5 Å². The summed E-state index contributed by atoms with van der Waals surface area (Å²) < 4.78 is 0. The molecule has 0 aliphatic heterocycles. The van der Waals surface area contributed by atoms with Crippen LogP contribution in [0.25, 0.3) is 6.08 Å². The lowest BCUT2D eigenvalue weighted by atomic mass is 10.1. The van der Waals surface area contributed by atoms with E-state index in [1.165, 1.54) is 6.07 Å². The van der Waals surface area contributed by atoms with Gasteiger partial charge >= 0.3 is 0 Å². The Morgan fingerprint density at radius 1 is 1.07 bits per heavy atom. The van der Waals surface area contributed by atoms with Crippen molar-refractivity contribution in [1.82, 2.24) is 5.32 Å². The van der Waals surface area contributed by atoms with Crippen LogP contribution >= 0.6 is 0 Å². The first kappa shape index (κ1) is 11.4. The highest BCUT2D eigenvalue weighted by Gasteiger charge is 2.04. The minimum absolute atomic E-state index is 0.00930. The second kappa shape index (κ2) is 4.26. The minimum atomic E-state index is 0.00930. The van der Waals surface area contributed by atoms with Crippen LogP contribution in [0, 0.1) is 0 Å². The minimum Gasteiger partial charge on any atom is -0.508 e. The van der Waals surface area contributed by atoms with E-state index in [-0.39, 0.29) is 17.0 Å². The van der Waals surface area contributed by atoms with Crippen LogP contribution in [-0.4, -0.2) is 15.8 Å². The van der Waals surface area contributed by atoms with Crippen LogP contribution in [0.2, 0.25) is 0 Å². The standard InChI is InChI=1S/C12H17NO2/c1-12(2,3)13-5-4-9-6-10(14)8-11(15)7-9/h4-8,13-15H,1-3H3/b5-4+. The van der Waals surface area contributed by atoms with Gasteiger partial charge in [-0.1, -0.05) is 0 Å². The van der Waals surface area contributed by atoms with Crippen molar-refractivity contribution in [2.45, 2.75) is 26.3 Å². The van der Waals surface area contributed by atoms with E-state index >= 15 is 0 Å². The molecule has 0 radical (unpaired) electrons. The first-order valence-corrected chi connectivity index (χ1v) is 4.84. The SMILES string of the molecule is CC(C)(C)N/C=C/c1cc(O)cc(O)c1. The van der Waals surface area contributed by atoms with E-state index in [1.54, 1.807) is 24.4 Å². The molecule has 0 unspecified atom stereocenters. The molecular formula is C12H17NO2. The van der Waals surface area contributed by atoms with Crippen LogP contribution < -0.4 is 5.32 Å². The molecule has 0 bridgehead atoms. The molecule has 3 N–H and O–H groups in total. The van der Waals surface area contributed by atoms with Crippen LogP contribution in [0.1, 0.15) is 26.3 Å². The summed E-state index contributed by atoms with van der Waals surface area (Å²) in [5.74, 6) is 0.121. The first-order valence-electron chi connectivity index (χ1n) is 4.84. The topological polar surface area (TPSA) is 52.5 Å². The van der Waals surface area contributed by atoms with E-state index < -0.39 is 0 Å². The third-order valence-electron chi connectivity index (χ3n) is 1.72. The molecule has 3 nitrogen and oxygen atoms in total. The smallest absolute Gasteiger partial charge is 0.119 e. The number of nitrogens with one attached hydrogen (secondary N) is 1. The van der Waals surface area contributed by atoms with Crippen molar-refractivity contribution in [3.8, 4) is 11.5 Å². The van der Waals surface area contributed by atoms with Crippen molar-refractivity contribution in [3.63, 3.8) is 0 Å². The number of benzene rings is 1. The molecule has 0 aliphatic rings. The second-order valence-corrected chi connectivity index (χ2v) is 4.51. The van der Waals surface area contributed by atoms with Gasteiger partial charge in [0.25, 0.3) is 0 Å². The fourth-order valence-corrected chi connectivity index (χ4v) is 1.10. The lowest BCUT2D eigenvalue weighted by Crippen LogP contribution is -2.30. The summed E-state index contributed by atoms with van der Waals surface area (Å²) in [6.07, 6.45) is 3.60. The van der Waals surface area contributed by atoms with Crippen molar-refractivity contribution >= 4 is 6.08 Å². The van der Waals surface area contributed by atoms with E-state index in [9.17, 15) is 10.2 Å². The van der Waals surface area contributed by atoms with Gasteiger partial charge in [-0.15, -0.1) is 0 Å². The molecule has 0 fully saturated rings. The maximum absolute atomic E-state index is 9.24. The summed E-state index contributed by atoms with van der Waals surface area (Å²) >= 11 is 0. The molecule has 3 heteroatoms. The third-order valence-corrected chi connectivity index (χ3v) is 1.72. The Bertz CT molecular complexity index is 344. The van der Waals surface area contributed by atoms with Crippen LogP contribution in [0.3, 0.4) is 0 Å². The second-order valence-electron chi connectivity index (χ2n) is 4.51. The number of phenolic OH excluding ortho intramolecular Hbond substituents is 2. The van der Waals surface area contributed by atoms with Gasteiger partial charge in [0.2, 0.25) is 0 Å². The van der Waals surface area contributed by atoms with Gasteiger partial charge in [0.15, 0.2) is 0 Å². The predicted molar refractivity (Wildman–Crippen MR) is 61.7 cm³/mol. The largest absolute Gasteiger partial charge is 0.508 e. The zero-order chi connectivity index (χ0) is 11.5. The Hall–Kier alpha value is -1.64. The van der Waals surface area contributed by atoms with E-state index in [0.29, 0.717) is 0 Å². The molecule has 0 spiro atoms. The van der Waals surface area contributed by atoms with E-state index in [0.717, 1.165) is 5.56 Å². The normalized spacial score (nSPS) is 11.9. The van der Waals surface area contributed by atoms with Gasteiger partial charge in [-0.2, -0.15) is 0 Å². The number of rotatable bonds is 2. The molecule has 0 heterocycles. The first-order chi connectivity index (χ1) is 6.87. The fourth-order valence-electron chi connectivity index (χ4n) is 1.10. The zero-order valence-corrected chi connectivity index (χ0v) is 9.28. The summed E-state index contributed by atoms with van der Waals surface area (Å²) in [6.45, 7) is 6.16. The van der Waals surface area contributed by atoms with Crippen molar-refractivity contribution in [3.05, 3.63) is 30.0 Å². The zero-order valence-electron chi connectivity index (χ0n) is 9.28.